The monoisotopic (exact) mass is 495 g/mol. The summed E-state index contributed by atoms with van der Waals surface area (Å²) in [5.41, 5.74) is 7.20. The van der Waals surface area contributed by atoms with E-state index in [-0.39, 0.29) is 6.61 Å². The molecular weight excluding hydrogens is 466 g/mol. The number of rotatable bonds is 7. The van der Waals surface area contributed by atoms with E-state index in [1.807, 2.05) is 73.7 Å². The lowest BCUT2D eigenvalue weighted by atomic mass is 9.95. The molecule has 0 unspecified atom stereocenters. The van der Waals surface area contributed by atoms with Gasteiger partial charge < -0.3 is 18.8 Å². The van der Waals surface area contributed by atoms with Gasteiger partial charge in [-0.25, -0.2) is 4.79 Å². The topological polar surface area (TPSA) is 74.4 Å². The fraction of sp³-hybridized carbons (Fsp3) is 0.233. The smallest absolute Gasteiger partial charge is 0.342 e. The summed E-state index contributed by atoms with van der Waals surface area (Å²) in [5, 5.41) is 9.21. The summed E-state index contributed by atoms with van der Waals surface area (Å²) in [5.74, 6) is 0.810. The van der Waals surface area contributed by atoms with Crippen LogP contribution in [0.3, 0.4) is 0 Å². The number of benzene rings is 3. The van der Waals surface area contributed by atoms with Crippen molar-refractivity contribution in [1.82, 2.24) is 4.57 Å². The van der Waals surface area contributed by atoms with Crippen LogP contribution >= 0.6 is 0 Å². The number of azo groups is 1. The van der Waals surface area contributed by atoms with Gasteiger partial charge in [0.15, 0.2) is 11.5 Å². The van der Waals surface area contributed by atoms with Crippen molar-refractivity contribution in [2.75, 3.05) is 20.8 Å². The SMILES string of the molecule is CCOC(=O)c1c(N=Nc2ccc(C)cc2)c(-c2ccccc2)n2c1-c1cc(OC)c(OC)cc1CC2. The first kappa shape index (κ1) is 24.3. The molecular formula is C30H29N3O4. The van der Waals surface area contributed by atoms with Gasteiger partial charge in [0.05, 0.1) is 37.9 Å². The van der Waals surface area contributed by atoms with Crippen LogP contribution in [0.4, 0.5) is 11.4 Å². The molecule has 7 nitrogen and oxygen atoms in total. The molecule has 0 radical (unpaired) electrons. The summed E-state index contributed by atoms with van der Waals surface area (Å²) in [6.07, 6.45) is 0.758. The fourth-order valence-electron chi connectivity index (χ4n) is 4.79. The third kappa shape index (κ3) is 4.48. The van der Waals surface area contributed by atoms with Crippen molar-refractivity contribution >= 4 is 17.3 Å². The molecule has 7 heteroatoms. The second-order valence-corrected chi connectivity index (χ2v) is 8.81. The van der Waals surface area contributed by atoms with E-state index >= 15 is 0 Å². The predicted octanol–water partition coefficient (Wildman–Crippen LogP) is 7.30. The number of hydrogen-bond acceptors (Lipinski definition) is 6. The van der Waals surface area contributed by atoms with E-state index in [2.05, 4.69) is 14.8 Å². The largest absolute Gasteiger partial charge is 0.493 e. The third-order valence-electron chi connectivity index (χ3n) is 6.53. The molecule has 3 aromatic carbocycles. The number of carbonyl (C=O) groups is 1. The van der Waals surface area contributed by atoms with Gasteiger partial charge in [0.2, 0.25) is 0 Å². The zero-order valence-corrected chi connectivity index (χ0v) is 21.4. The van der Waals surface area contributed by atoms with Crippen molar-refractivity contribution in [3.63, 3.8) is 0 Å². The maximum absolute atomic E-state index is 13.5. The number of fused-ring (bicyclic) bond motifs is 3. The first-order chi connectivity index (χ1) is 18.0. The minimum atomic E-state index is -0.436. The molecule has 0 N–H and O–H groups in total. The van der Waals surface area contributed by atoms with Gasteiger partial charge in [-0.2, -0.15) is 5.11 Å². The first-order valence-corrected chi connectivity index (χ1v) is 12.3. The van der Waals surface area contributed by atoms with E-state index in [9.17, 15) is 4.79 Å². The van der Waals surface area contributed by atoms with Gasteiger partial charge in [-0.05, 0) is 50.1 Å². The molecule has 5 rings (SSSR count). The van der Waals surface area contributed by atoms with Crippen molar-refractivity contribution in [2.24, 2.45) is 10.2 Å². The number of aromatic nitrogens is 1. The molecule has 0 fully saturated rings. The van der Waals surface area contributed by atoms with Gasteiger partial charge in [0.25, 0.3) is 0 Å². The Kier molecular flexibility index (Phi) is 6.77. The molecule has 188 valence electrons. The van der Waals surface area contributed by atoms with E-state index in [0.717, 1.165) is 40.1 Å². The minimum Gasteiger partial charge on any atom is -0.493 e. The molecule has 0 bridgehead atoms. The van der Waals surface area contributed by atoms with Gasteiger partial charge in [-0.1, -0.05) is 48.0 Å². The number of esters is 1. The standard InChI is InChI=1S/C30H29N3O4/c1-5-37-30(34)26-27(32-31-22-13-11-19(2)12-14-22)28(20-9-7-6-8-10-20)33-16-15-21-17-24(35-3)25(36-4)18-23(21)29(26)33/h6-14,17-18H,5,15-16H2,1-4H3. The molecule has 0 saturated carbocycles. The highest BCUT2D eigenvalue weighted by molar-refractivity contribution is 6.06. The van der Waals surface area contributed by atoms with Crippen LogP contribution in [0.2, 0.25) is 0 Å². The van der Waals surface area contributed by atoms with E-state index < -0.39 is 5.97 Å². The summed E-state index contributed by atoms with van der Waals surface area (Å²) in [7, 11) is 3.23. The number of carbonyl (C=O) groups excluding carboxylic acids is 1. The Balaban J connectivity index is 1.82. The Morgan fingerprint density at radius 2 is 1.62 bits per heavy atom. The zero-order chi connectivity index (χ0) is 25.9. The van der Waals surface area contributed by atoms with E-state index in [0.29, 0.717) is 35.0 Å². The number of nitrogens with zero attached hydrogens (tertiary/aromatic N) is 3. The van der Waals surface area contributed by atoms with E-state index in [1.165, 1.54) is 0 Å². The van der Waals surface area contributed by atoms with Crippen LogP contribution in [0.15, 0.2) is 77.0 Å². The number of methoxy groups -OCH3 is 2. The van der Waals surface area contributed by atoms with Crippen molar-refractivity contribution in [3.05, 3.63) is 83.4 Å². The predicted molar refractivity (Wildman–Crippen MR) is 143 cm³/mol. The van der Waals surface area contributed by atoms with Crippen LogP contribution in [0.5, 0.6) is 11.5 Å². The van der Waals surface area contributed by atoms with Gasteiger partial charge in [-0.15, -0.1) is 5.11 Å². The zero-order valence-electron chi connectivity index (χ0n) is 21.4. The molecule has 1 aliphatic heterocycles. The van der Waals surface area contributed by atoms with Crippen molar-refractivity contribution in [1.29, 1.82) is 0 Å². The Morgan fingerprint density at radius 3 is 2.30 bits per heavy atom. The first-order valence-electron chi connectivity index (χ1n) is 12.3. The number of aryl methyl sites for hydroxylation is 2. The highest BCUT2D eigenvalue weighted by Gasteiger charge is 2.34. The Hall–Kier alpha value is -4.39. The maximum atomic E-state index is 13.5. The van der Waals surface area contributed by atoms with E-state index in [4.69, 9.17) is 14.2 Å². The van der Waals surface area contributed by atoms with E-state index in [1.54, 1.807) is 21.1 Å². The quantitative estimate of drug-likeness (QED) is 0.199. The molecule has 0 aliphatic carbocycles. The Bertz CT molecular complexity index is 1470. The highest BCUT2D eigenvalue weighted by Crippen LogP contribution is 2.48. The van der Waals surface area contributed by atoms with Gasteiger partial charge in [0.1, 0.15) is 11.3 Å². The Morgan fingerprint density at radius 1 is 0.919 bits per heavy atom. The minimum absolute atomic E-state index is 0.247. The molecule has 0 saturated heterocycles. The molecule has 4 aromatic rings. The summed E-state index contributed by atoms with van der Waals surface area (Å²) in [4.78, 5) is 13.5. The molecule has 0 spiro atoms. The average Bonchev–Trinajstić information content (AvgIpc) is 3.27. The second-order valence-electron chi connectivity index (χ2n) is 8.81. The molecule has 2 heterocycles. The number of hydrogen-bond donors (Lipinski definition) is 0. The lowest BCUT2D eigenvalue weighted by molar-refractivity contribution is 0.0528. The molecule has 0 amide bonds. The molecule has 1 aromatic heterocycles. The van der Waals surface area contributed by atoms with Crippen molar-refractivity contribution in [2.45, 2.75) is 26.8 Å². The van der Waals surface area contributed by atoms with Crippen LogP contribution in [-0.4, -0.2) is 31.4 Å². The Labute approximate surface area is 216 Å². The molecule has 37 heavy (non-hydrogen) atoms. The maximum Gasteiger partial charge on any atom is 0.342 e. The van der Waals surface area contributed by atoms with Crippen molar-refractivity contribution < 1.29 is 19.0 Å². The normalized spacial score (nSPS) is 12.2. The fourth-order valence-corrected chi connectivity index (χ4v) is 4.79. The second kappa shape index (κ2) is 10.3. The summed E-state index contributed by atoms with van der Waals surface area (Å²) < 4.78 is 18.9. The van der Waals surface area contributed by atoms with Crippen LogP contribution in [0.1, 0.15) is 28.4 Å². The lowest BCUT2D eigenvalue weighted by Crippen LogP contribution is -2.15. The van der Waals surface area contributed by atoms with Gasteiger partial charge in [0, 0.05) is 17.7 Å². The highest BCUT2D eigenvalue weighted by atomic mass is 16.5. The average molecular weight is 496 g/mol. The van der Waals surface area contributed by atoms with Crippen molar-refractivity contribution in [3.8, 4) is 34.0 Å². The van der Waals surface area contributed by atoms with Gasteiger partial charge in [-0.3, -0.25) is 0 Å². The third-order valence-corrected chi connectivity index (χ3v) is 6.53. The lowest BCUT2D eigenvalue weighted by Gasteiger charge is -2.23. The molecule has 0 atom stereocenters. The number of ether oxygens (including phenoxy) is 3. The summed E-state index contributed by atoms with van der Waals surface area (Å²) >= 11 is 0. The summed E-state index contributed by atoms with van der Waals surface area (Å²) in [6, 6.07) is 21.7. The van der Waals surface area contributed by atoms with Crippen LogP contribution < -0.4 is 9.47 Å². The molecule has 1 aliphatic rings. The van der Waals surface area contributed by atoms with Gasteiger partial charge >= 0.3 is 5.97 Å². The van der Waals surface area contributed by atoms with Crippen LogP contribution in [0.25, 0.3) is 22.5 Å². The van der Waals surface area contributed by atoms with Crippen LogP contribution in [-0.2, 0) is 17.7 Å². The summed E-state index contributed by atoms with van der Waals surface area (Å²) in [6.45, 7) is 4.73. The van der Waals surface area contributed by atoms with Crippen LogP contribution in [0, 0.1) is 6.92 Å².